The normalized spacial score (nSPS) is 15.6. The lowest BCUT2D eigenvalue weighted by atomic mass is 10.2. The number of carbonyl (C=O) groups is 1. The quantitative estimate of drug-likeness (QED) is 0.294. The van der Waals surface area contributed by atoms with Crippen LogP contribution in [0.3, 0.4) is 0 Å². The van der Waals surface area contributed by atoms with Crippen LogP contribution >= 0.6 is 0 Å². The van der Waals surface area contributed by atoms with E-state index in [-0.39, 0.29) is 25.4 Å². The average molecular weight is 530 g/mol. The van der Waals surface area contributed by atoms with Crippen molar-refractivity contribution in [1.82, 2.24) is 34.9 Å². The van der Waals surface area contributed by atoms with Gasteiger partial charge in [-0.3, -0.25) is 9.78 Å². The van der Waals surface area contributed by atoms with Crippen molar-refractivity contribution in [2.45, 2.75) is 38.8 Å². The molecule has 0 radical (unpaired) electrons. The minimum absolute atomic E-state index is 0.113. The molecule has 1 aromatic carbocycles. The van der Waals surface area contributed by atoms with Crippen LogP contribution in [0.2, 0.25) is 0 Å². The number of pyridine rings is 1. The second-order valence-electron chi connectivity index (χ2n) is 9.42. The van der Waals surface area contributed by atoms with Crippen molar-refractivity contribution in [3.8, 4) is 17.4 Å². The van der Waals surface area contributed by atoms with Crippen LogP contribution in [0, 0.1) is 0 Å². The van der Waals surface area contributed by atoms with Crippen LogP contribution < -0.4 is 4.74 Å². The largest absolute Gasteiger partial charge is 0.470 e. The molecule has 5 heterocycles. The average Bonchev–Trinajstić information content (AvgIpc) is 3.62. The van der Waals surface area contributed by atoms with E-state index in [9.17, 15) is 4.79 Å². The minimum atomic E-state index is -0.229. The van der Waals surface area contributed by atoms with Crippen molar-refractivity contribution >= 4 is 22.3 Å². The molecule has 1 aliphatic heterocycles. The van der Waals surface area contributed by atoms with Crippen LogP contribution in [0.25, 0.3) is 27.9 Å². The fourth-order valence-corrected chi connectivity index (χ4v) is 4.36. The molecule has 12 nitrogen and oxygen atoms in total. The van der Waals surface area contributed by atoms with Gasteiger partial charge in [-0.2, -0.15) is 4.52 Å². The lowest BCUT2D eigenvalue weighted by Crippen LogP contribution is -2.21. The summed E-state index contributed by atoms with van der Waals surface area (Å²) >= 11 is 0. The Labute approximate surface area is 223 Å². The van der Waals surface area contributed by atoms with E-state index in [1.165, 1.54) is 4.90 Å². The van der Waals surface area contributed by atoms with Crippen LogP contribution in [0.4, 0.5) is 0 Å². The third-order valence-electron chi connectivity index (χ3n) is 6.40. The van der Waals surface area contributed by atoms with Gasteiger partial charge in [-0.1, -0.05) is 23.4 Å². The second-order valence-corrected chi connectivity index (χ2v) is 9.42. The lowest BCUT2D eigenvalue weighted by molar-refractivity contribution is -0.171. The number of rotatable bonds is 8. The first-order valence-corrected chi connectivity index (χ1v) is 12.7. The number of ether oxygens (including phenoxy) is 3. The van der Waals surface area contributed by atoms with Crippen LogP contribution in [0.1, 0.15) is 41.1 Å². The first-order chi connectivity index (χ1) is 19.1. The van der Waals surface area contributed by atoms with Gasteiger partial charge in [0.15, 0.2) is 23.4 Å². The van der Waals surface area contributed by atoms with Gasteiger partial charge < -0.3 is 23.6 Å². The number of nitrogens with zero attached hydrogens (tertiary/aromatic N) is 7. The zero-order valence-corrected chi connectivity index (χ0v) is 21.6. The number of amides is 1. The molecule has 1 atom stereocenters. The summed E-state index contributed by atoms with van der Waals surface area (Å²) in [5.41, 5.74) is 2.20. The maximum Gasteiger partial charge on any atom is 0.254 e. The Balaban J connectivity index is 1.25. The predicted molar refractivity (Wildman–Crippen MR) is 139 cm³/mol. The van der Waals surface area contributed by atoms with Crippen molar-refractivity contribution < 1.29 is 23.5 Å². The van der Waals surface area contributed by atoms with Gasteiger partial charge in [0.2, 0.25) is 11.7 Å². The molecule has 4 aromatic heterocycles. The van der Waals surface area contributed by atoms with E-state index in [0.717, 1.165) is 30.0 Å². The molecule has 6 rings (SSSR count). The summed E-state index contributed by atoms with van der Waals surface area (Å²) in [6, 6.07) is 12.9. The van der Waals surface area contributed by atoms with Crippen LogP contribution in [-0.2, 0) is 22.7 Å². The Bertz CT molecular complexity index is 1610. The zero-order valence-electron chi connectivity index (χ0n) is 21.6. The number of benzene rings is 1. The molecule has 1 unspecified atom stereocenters. The van der Waals surface area contributed by atoms with Gasteiger partial charge in [0, 0.05) is 43.7 Å². The Morgan fingerprint density at radius 2 is 1.97 bits per heavy atom. The molecular weight excluding hydrogens is 502 g/mol. The maximum atomic E-state index is 12.1. The SMILES string of the molecule is CN(C)C(=O)c1ccc(COc2nn3c(-c4cc(COC5CCCCO5)on4)nnc3c3ccccc23)nc1. The van der Waals surface area contributed by atoms with Gasteiger partial charge in [0.1, 0.15) is 13.2 Å². The standard InChI is InChI=1S/C27H27N7O5/c1-33(2)27(35)17-10-11-18(28-14-17)15-38-26-21-8-4-3-7-20(21)24-29-30-25(34(24)31-26)22-13-19(39-32-22)16-37-23-9-5-6-12-36-23/h3-4,7-8,10-11,13-14,23H,5-6,9,12,15-16H2,1-2H3. The molecule has 0 spiro atoms. The van der Waals surface area contributed by atoms with E-state index < -0.39 is 0 Å². The summed E-state index contributed by atoms with van der Waals surface area (Å²) in [7, 11) is 3.40. The van der Waals surface area contributed by atoms with Gasteiger partial charge >= 0.3 is 0 Å². The first kappa shape index (κ1) is 24.9. The van der Waals surface area contributed by atoms with Gasteiger partial charge in [-0.15, -0.1) is 15.3 Å². The van der Waals surface area contributed by atoms with E-state index in [0.29, 0.717) is 46.7 Å². The Kier molecular flexibility index (Phi) is 6.86. The molecule has 0 saturated carbocycles. The number of carbonyl (C=O) groups excluding carboxylic acids is 1. The molecule has 1 aliphatic rings. The Hall–Kier alpha value is -4.42. The molecule has 0 bridgehead atoms. The highest BCUT2D eigenvalue weighted by atomic mass is 16.7. The highest BCUT2D eigenvalue weighted by molar-refractivity contribution is 5.97. The highest BCUT2D eigenvalue weighted by Crippen LogP contribution is 2.29. The summed E-state index contributed by atoms with van der Waals surface area (Å²) in [4.78, 5) is 18.0. The molecule has 1 saturated heterocycles. The molecule has 39 heavy (non-hydrogen) atoms. The van der Waals surface area contributed by atoms with E-state index in [4.69, 9.17) is 23.8 Å². The third kappa shape index (κ3) is 5.16. The predicted octanol–water partition coefficient (Wildman–Crippen LogP) is 3.65. The molecule has 1 fully saturated rings. The number of fused-ring (bicyclic) bond motifs is 3. The summed E-state index contributed by atoms with van der Waals surface area (Å²) in [5, 5.41) is 19.2. The monoisotopic (exact) mass is 529 g/mol. The highest BCUT2D eigenvalue weighted by Gasteiger charge is 2.20. The molecular formula is C27H27N7O5. The van der Waals surface area contributed by atoms with Gasteiger partial charge in [0.25, 0.3) is 5.91 Å². The number of hydrogen-bond donors (Lipinski definition) is 0. The topological polar surface area (TPSA) is 130 Å². The molecule has 200 valence electrons. The Morgan fingerprint density at radius 3 is 2.74 bits per heavy atom. The van der Waals surface area contributed by atoms with Gasteiger partial charge in [0.05, 0.1) is 11.3 Å². The van der Waals surface area contributed by atoms with Crippen molar-refractivity contribution in [2.75, 3.05) is 20.7 Å². The van der Waals surface area contributed by atoms with Gasteiger partial charge in [-0.25, -0.2) is 0 Å². The van der Waals surface area contributed by atoms with E-state index in [1.807, 2.05) is 24.3 Å². The van der Waals surface area contributed by atoms with Crippen molar-refractivity contribution in [3.63, 3.8) is 0 Å². The van der Waals surface area contributed by atoms with E-state index in [2.05, 4.69) is 20.3 Å². The summed E-state index contributed by atoms with van der Waals surface area (Å²) in [5.74, 6) is 1.23. The summed E-state index contributed by atoms with van der Waals surface area (Å²) in [6.07, 6.45) is 4.32. The minimum Gasteiger partial charge on any atom is -0.470 e. The maximum absolute atomic E-state index is 12.1. The number of hydrogen-bond acceptors (Lipinski definition) is 10. The molecule has 1 amide bonds. The van der Waals surface area contributed by atoms with Crippen molar-refractivity contribution in [1.29, 1.82) is 0 Å². The van der Waals surface area contributed by atoms with Crippen molar-refractivity contribution in [3.05, 3.63) is 65.7 Å². The lowest BCUT2D eigenvalue weighted by Gasteiger charge is -2.21. The van der Waals surface area contributed by atoms with Crippen LogP contribution in [0.15, 0.2) is 53.2 Å². The molecule has 12 heteroatoms. The Morgan fingerprint density at radius 1 is 1.10 bits per heavy atom. The molecule has 0 N–H and O–H groups in total. The first-order valence-electron chi connectivity index (χ1n) is 12.7. The van der Waals surface area contributed by atoms with Crippen LogP contribution in [0.5, 0.6) is 5.88 Å². The van der Waals surface area contributed by atoms with Crippen LogP contribution in [-0.4, -0.2) is 67.8 Å². The molecule has 5 aromatic rings. The second kappa shape index (κ2) is 10.8. The fraction of sp³-hybridized carbons (Fsp3) is 0.333. The van der Waals surface area contributed by atoms with Gasteiger partial charge in [-0.05, 0) is 37.5 Å². The zero-order chi connectivity index (χ0) is 26.8. The van der Waals surface area contributed by atoms with Crippen molar-refractivity contribution in [2.24, 2.45) is 0 Å². The fourth-order valence-electron chi connectivity index (χ4n) is 4.36. The van der Waals surface area contributed by atoms with E-state index >= 15 is 0 Å². The third-order valence-corrected chi connectivity index (χ3v) is 6.40. The smallest absolute Gasteiger partial charge is 0.254 e. The molecule has 0 aliphatic carbocycles. The van der Waals surface area contributed by atoms with E-state index in [1.54, 1.807) is 43.0 Å². The number of aromatic nitrogens is 6. The summed E-state index contributed by atoms with van der Waals surface area (Å²) in [6.45, 7) is 1.11. The summed E-state index contributed by atoms with van der Waals surface area (Å²) < 4.78 is 24.6.